The molecule has 8 heteroatoms. The Morgan fingerprint density at radius 3 is 2.95 bits per heavy atom. The molecular formula is C14H15BrN2O4S. The normalized spacial score (nSPS) is 10.6. The third-order valence-electron chi connectivity index (χ3n) is 2.65. The summed E-state index contributed by atoms with van der Waals surface area (Å²) in [6.07, 6.45) is 2.11. The van der Waals surface area contributed by atoms with E-state index in [4.69, 9.17) is 14.3 Å². The van der Waals surface area contributed by atoms with Crippen molar-refractivity contribution in [3.05, 3.63) is 34.1 Å². The van der Waals surface area contributed by atoms with Crippen LogP contribution in [-0.2, 0) is 17.8 Å². The fraction of sp³-hybridized carbons (Fsp3) is 0.357. The zero-order valence-corrected chi connectivity index (χ0v) is 14.3. The number of rotatable bonds is 8. The van der Waals surface area contributed by atoms with Crippen LogP contribution in [0.5, 0.6) is 5.75 Å². The van der Waals surface area contributed by atoms with E-state index in [-0.39, 0.29) is 17.6 Å². The van der Waals surface area contributed by atoms with Gasteiger partial charge in [-0.05, 0) is 40.0 Å². The molecular weight excluding hydrogens is 372 g/mol. The Morgan fingerprint density at radius 1 is 1.45 bits per heavy atom. The molecule has 1 heterocycles. The second-order valence-electron chi connectivity index (χ2n) is 4.45. The van der Waals surface area contributed by atoms with E-state index >= 15 is 0 Å². The summed E-state index contributed by atoms with van der Waals surface area (Å²) in [7, 11) is 0. The summed E-state index contributed by atoms with van der Waals surface area (Å²) >= 11 is 4.45. The van der Waals surface area contributed by atoms with Gasteiger partial charge in [-0.15, -0.1) is 10.2 Å². The van der Waals surface area contributed by atoms with E-state index in [1.54, 1.807) is 0 Å². The number of hydrogen-bond acceptors (Lipinski definition) is 6. The third kappa shape index (κ3) is 5.03. The molecule has 118 valence electrons. The number of aryl methyl sites for hydroxylation is 1. The lowest BCUT2D eigenvalue weighted by Crippen LogP contribution is -1.97. The predicted molar refractivity (Wildman–Crippen MR) is 85.1 cm³/mol. The van der Waals surface area contributed by atoms with Gasteiger partial charge in [0.2, 0.25) is 0 Å². The van der Waals surface area contributed by atoms with Gasteiger partial charge >= 0.3 is 5.97 Å². The van der Waals surface area contributed by atoms with Gasteiger partial charge in [0.05, 0.1) is 4.47 Å². The van der Waals surface area contributed by atoms with Gasteiger partial charge in [0.25, 0.3) is 11.1 Å². The largest absolute Gasteiger partial charge is 0.483 e. The van der Waals surface area contributed by atoms with Crippen molar-refractivity contribution < 1.29 is 19.1 Å². The summed E-state index contributed by atoms with van der Waals surface area (Å²) < 4.78 is 11.8. The fourth-order valence-corrected chi connectivity index (χ4v) is 2.76. The highest BCUT2D eigenvalue weighted by Gasteiger charge is 2.10. The van der Waals surface area contributed by atoms with E-state index in [0.717, 1.165) is 29.1 Å². The molecule has 0 saturated carbocycles. The molecule has 0 aliphatic rings. The smallest absolute Gasteiger partial charge is 0.314 e. The Bertz CT molecular complexity index is 648. The van der Waals surface area contributed by atoms with E-state index in [1.165, 1.54) is 5.56 Å². The van der Waals surface area contributed by atoms with Crippen LogP contribution < -0.4 is 4.74 Å². The summed E-state index contributed by atoms with van der Waals surface area (Å²) in [5.74, 6) is -0.0558. The highest BCUT2D eigenvalue weighted by Crippen LogP contribution is 2.27. The van der Waals surface area contributed by atoms with Gasteiger partial charge < -0.3 is 14.3 Å². The molecule has 0 aliphatic heterocycles. The first-order valence-electron chi connectivity index (χ1n) is 6.66. The van der Waals surface area contributed by atoms with Crippen LogP contribution in [0.25, 0.3) is 0 Å². The molecule has 0 radical (unpaired) electrons. The minimum atomic E-state index is -0.933. The molecule has 0 bridgehead atoms. The van der Waals surface area contributed by atoms with Crippen molar-refractivity contribution in [2.75, 3.05) is 5.75 Å². The van der Waals surface area contributed by atoms with Crippen molar-refractivity contribution in [2.45, 2.75) is 31.6 Å². The Balaban J connectivity index is 1.91. The van der Waals surface area contributed by atoms with Gasteiger partial charge in [-0.25, -0.2) is 0 Å². The third-order valence-corrected chi connectivity index (χ3v) is 4.08. The molecule has 22 heavy (non-hydrogen) atoms. The molecule has 1 N–H and O–H groups in total. The molecule has 1 aromatic carbocycles. The molecule has 0 fully saturated rings. The zero-order chi connectivity index (χ0) is 15.9. The lowest BCUT2D eigenvalue weighted by Gasteiger charge is -2.07. The summed E-state index contributed by atoms with van der Waals surface area (Å²) in [5.41, 5.74) is 1.24. The average Bonchev–Trinajstić information content (AvgIpc) is 2.92. The second kappa shape index (κ2) is 8.19. The topological polar surface area (TPSA) is 85.5 Å². The van der Waals surface area contributed by atoms with Crippen LogP contribution in [0.2, 0.25) is 0 Å². The van der Waals surface area contributed by atoms with Gasteiger partial charge in [-0.1, -0.05) is 31.2 Å². The Kier molecular flexibility index (Phi) is 6.26. The molecule has 0 atom stereocenters. The quantitative estimate of drug-likeness (QED) is 0.694. The molecule has 0 unspecified atom stereocenters. The fourth-order valence-electron chi connectivity index (χ4n) is 1.72. The Labute approximate surface area is 140 Å². The summed E-state index contributed by atoms with van der Waals surface area (Å²) in [6, 6.07) is 5.94. The number of aliphatic carboxylic acids is 1. The lowest BCUT2D eigenvalue weighted by molar-refractivity contribution is -0.133. The summed E-state index contributed by atoms with van der Waals surface area (Å²) in [6.45, 7) is 2.26. The van der Waals surface area contributed by atoms with Crippen molar-refractivity contribution in [1.29, 1.82) is 0 Å². The number of ether oxygens (including phenoxy) is 1. The molecule has 6 nitrogen and oxygen atoms in total. The van der Waals surface area contributed by atoms with Gasteiger partial charge in [0, 0.05) is 0 Å². The van der Waals surface area contributed by atoms with Gasteiger partial charge in [-0.2, -0.15) is 0 Å². The monoisotopic (exact) mass is 386 g/mol. The van der Waals surface area contributed by atoms with Crippen LogP contribution in [0.3, 0.4) is 0 Å². The number of thioether (sulfide) groups is 1. The molecule has 2 aromatic rings. The minimum Gasteiger partial charge on any atom is -0.483 e. The van der Waals surface area contributed by atoms with Crippen LogP contribution in [0.4, 0.5) is 0 Å². The molecule has 0 spiro atoms. The van der Waals surface area contributed by atoms with Crippen molar-refractivity contribution in [3.63, 3.8) is 0 Å². The maximum atomic E-state index is 10.5. The first kappa shape index (κ1) is 16.8. The first-order valence-corrected chi connectivity index (χ1v) is 8.44. The molecule has 0 aliphatic carbocycles. The number of hydrogen-bond donors (Lipinski definition) is 1. The van der Waals surface area contributed by atoms with Crippen LogP contribution in [0.15, 0.2) is 32.3 Å². The number of carboxylic acids is 1. The molecule has 0 saturated heterocycles. The number of aromatic nitrogens is 2. The summed E-state index contributed by atoms with van der Waals surface area (Å²) in [5, 5.41) is 16.4. The lowest BCUT2D eigenvalue weighted by atomic mass is 10.1. The highest BCUT2D eigenvalue weighted by molar-refractivity contribution is 9.10. The number of carboxylic acid groups (broad SMARTS) is 1. The SMILES string of the molecule is CCCc1ccc(OCc2nnc(SCC(=O)O)o2)c(Br)c1. The maximum absolute atomic E-state index is 10.5. The van der Waals surface area contributed by atoms with Crippen LogP contribution >= 0.6 is 27.7 Å². The average molecular weight is 387 g/mol. The number of halogens is 1. The van der Waals surface area contributed by atoms with E-state index in [9.17, 15) is 4.79 Å². The van der Waals surface area contributed by atoms with Crippen molar-refractivity contribution in [2.24, 2.45) is 0 Å². The summed E-state index contributed by atoms with van der Waals surface area (Å²) in [4.78, 5) is 10.5. The van der Waals surface area contributed by atoms with Crippen LogP contribution in [0.1, 0.15) is 24.8 Å². The minimum absolute atomic E-state index is 0.118. The number of carbonyl (C=O) groups is 1. The molecule has 0 amide bonds. The Hall–Kier alpha value is -1.54. The predicted octanol–water partition coefficient (Wildman–Crippen LogP) is 3.54. The van der Waals surface area contributed by atoms with Gasteiger partial charge in [0.15, 0.2) is 6.61 Å². The van der Waals surface area contributed by atoms with E-state index in [1.807, 2.05) is 18.2 Å². The second-order valence-corrected chi connectivity index (χ2v) is 6.23. The van der Waals surface area contributed by atoms with Crippen molar-refractivity contribution in [1.82, 2.24) is 10.2 Å². The Morgan fingerprint density at radius 2 is 2.27 bits per heavy atom. The van der Waals surface area contributed by atoms with Gasteiger partial charge in [-0.3, -0.25) is 4.79 Å². The standard InChI is InChI=1S/C14H15BrN2O4S/c1-2-3-9-4-5-11(10(15)6-9)20-7-12-16-17-14(21-12)22-8-13(18)19/h4-6H,2-3,7-8H2,1H3,(H,18,19). The van der Waals surface area contributed by atoms with Gasteiger partial charge in [0.1, 0.15) is 11.5 Å². The van der Waals surface area contributed by atoms with E-state index in [0.29, 0.717) is 11.6 Å². The maximum Gasteiger partial charge on any atom is 0.314 e. The van der Waals surface area contributed by atoms with E-state index < -0.39 is 5.97 Å². The van der Waals surface area contributed by atoms with Crippen LogP contribution in [-0.4, -0.2) is 27.0 Å². The highest BCUT2D eigenvalue weighted by atomic mass is 79.9. The molecule has 1 aromatic heterocycles. The van der Waals surface area contributed by atoms with Crippen LogP contribution in [0, 0.1) is 0 Å². The first-order chi connectivity index (χ1) is 10.6. The number of nitrogens with zero attached hydrogens (tertiary/aromatic N) is 2. The number of benzene rings is 1. The van der Waals surface area contributed by atoms with Crippen molar-refractivity contribution in [3.8, 4) is 5.75 Å². The van der Waals surface area contributed by atoms with E-state index in [2.05, 4.69) is 33.1 Å². The molecule has 2 rings (SSSR count). The zero-order valence-electron chi connectivity index (χ0n) is 11.9. The van der Waals surface area contributed by atoms with Crippen molar-refractivity contribution >= 4 is 33.7 Å².